The molecule has 1 atom stereocenters. The van der Waals surface area contributed by atoms with Gasteiger partial charge >= 0.3 is 0 Å². The summed E-state index contributed by atoms with van der Waals surface area (Å²) in [5.41, 5.74) is 4.25. The monoisotopic (exact) mass is 410 g/mol. The average molecular weight is 411 g/mol. The SMILES string of the molecule is CCCNC(=O)[C@H](CC)N(Cc1cccc(OC)c1)C(=O)Cc1ccc(C)c(C)c1. The third kappa shape index (κ3) is 6.34. The summed E-state index contributed by atoms with van der Waals surface area (Å²) in [5.74, 6) is 0.577. The summed E-state index contributed by atoms with van der Waals surface area (Å²) in [6.45, 7) is 9.02. The molecule has 1 N–H and O–H groups in total. The Labute approximate surface area is 180 Å². The topological polar surface area (TPSA) is 58.6 Å². The second kappa shape index (κ2) is 11.4. The third-order valence-electron chi connectivity index (χ3n) is 5.35. The summed E-state index contributed by atoms with van der Waals surface area (Å²) < 4.78 is 5.32. The van der Waals surface area contributed by atoms with Gasteiger partial charge in [0.1, 0.15) is 11.8 Å². The molecule has 0 unspecified atom stereocenters. The van der Waals surface area contributed by atoms with E-state index in [1.54, 1.807) is 12.0 Å². The maximum absolute atomic E-state index is 13.4. The summed E-state index contributed by atoms with van der Waals surface area (Å²) >= 11 is 0. The summed E-state index contributed by atoms with van der Waals surface area (Å²) in [7, 11) is 1.62. The van der Waals surface area contributed by atoms with E-state index in [4.69, 9.17) is 4.74 Å². The van der Waals surface area contributed by atoms with Crippen LogP contribution in [-0.2, 0) is 22.6 Å². The van der Waals surface area contributed by atoms with Crippen LogP contribution in [0.5, 0.6) is 5.75 Å². The fraction of sp³-hybridized carbons (Fsp3) is 0.440. The average Bonchev–Trinajstić information content (AvgIpc) is 2.74. The Hall–Kier alpha value is -2.82. The minimum Gasteiger partial charge on any atom is -0.497 e. The van der Waals surface area contributed by atoms with Crippen molar-refractivity contribution in [2.24, 2.45) is 0 Å². The Balaban J connectivity index is 2.30. The van der Waals surface area contributed by atoms with Gasteiger partial charge in [-0.05, 0) is 61.1 Å². The lowest BCUT2D eigenvalue weighted by Crippen LogP contribution is -2.49. The van der Waals surface area contributed by atoms with Crippen molar-refractivity contribution in [3.05, 3.63) is 64.7 Å². The molecule has 0 aliphatic heterocycles. The van der Waals surface area contributed by atoms with Gasteiger partial charge in [-0.3, -0.25) is 9.59 Å². The van der Waals surface area contributed by atoms with Crippen molar-refractivity contribution in [1.29, 1.82) is 0 Å². The molecule has 0 saturated heterocycles. The van der Waals surface area contributed by atoms with E-state index in [2.05, 4.69) is 18.3 Å². The van der Waals surface area contributed by atoms with Crippen molar-refractivity contribution in [2.75, 3.05) is 13.7 Å². The van der Waals surface area contributed by atoms with Gasteiger partial charge in [-0.1, -0.05) is 44.2 Å². The van der Waals surface area contributed by atoms with Crippen molar-refractivity contribution in [1.82, 2.24) is 10.2 Å². The normalized spacial score (nSPS) is 11.6. The molecule has 0 aliphatic rings. The molecule has 0 fully saturated rings. The van der Waals surface area contributed by atoms with Crippen LogP contribution in [0.25, 0.3) is 0 Å². The van der Waals surface area contributed by atoms with Crippen LogP contribution in [0.1, 0.15) is 48.9 Å². The Kier molecular flexibility index (Phi) is 8.90. The Morgan fingerprint density at radius 3 is 2.43 bits per heavy atom. The Morgan fingerprint density at radius 2 is 1.80 bits per heavy atom. The molecule has 0 aromatic heterocycles. The van der Waals surface area contributed by atoms with Gasteiger partial charge in [-0.25, -0.2) is 0 Å². The molecule has 0 spiro atoms. The highest BCUT2D eigenvalue weighted by Gasteiger charge is 2.28. The van der Waals surface area contributed by atoms with Crippen LogP contribution in [0.4, 0.5) is 0 Å². The zero-order valence-electron chi connectivity index (χ0n) is 18.8. The molecule has 5 heteroatoms. The molecule has 2 aromatic rings. The van der Waals surface area contributed by atoms with Crippen LogP contribution < -0.4 is 10.1 Å². The standard InChI is InChI=1S/C25H34N2O3/c1-6-13-26-25(29)23(7-2)27(17-21-9-8-10-22(15-21)30-5)24(28)16-20-12-11-18(3)19(4)14-20/h8-12,14-15,23H,6-7,13,16-17H2,1-5H3,(H,26,29)/t23-/m0/s1. The number of amides is 2. The summed E-state index contributed by atoms with van der Waals surface area (Å²) in [6.07, 6.45) is 1.68. The maximum Gasteiger partial charge on any atom is 0.242 e. The van der Waals surface area contributed by atoms with Crippen molar-refractivity contribution < 1.29 is 14.3 Å². The lowest BCUT2D eigenvalue weighted by molar-refractivity contribution is -0.140. The van der Waals surface area contributed by atoms with E-state index in [1.165, 1.54) is 5.56 Å². The van der Waals surface area contributed by atoms with Crippen LogP contribution in [0.3, 0.4) is 0 Å². The second-order valence-corrected chi connectivity index (χ2v) is 7.68. The third-order valence-corrected chi connectivity index (χ3v) is 5.35. The first kappa shape index (κ1) is 23.5. The number of carbonyl (C=O) groups is 2. The highest BCUT2D eigenvalue weighted by atomic mass is 16.5. The minimum atomic E-state index is -0.512. The van der Waals surface area contributed by atoms with E-state index >= 15 is 0 Å². The molecule has 2 rings (SSSR count). The van der Waals surface area contributed by atoms with Crippen LogP contribution in [0.15, 0.2) is 42.5 Å². The van der Waals surface area contributed by atoms with Gasteiger partial charge in [0.05, 0.1) is 13.5 Å². The maximum atomic E-state index is 13.4. The van der Waals surface area contributed by atoms with Gasteiger partial charge in [0.15, 0.2) is 0 Å². The molecular weight excluding hydrogens is 376 g/mol. The van der Waals surface area contributed by atoms with Crippen molar-refractivity contribution in [3.8, 4) is 5.75 Å². The van der Waals surface area contributed by atoms with E-state index in [9.17, 15) is 9.59 Å². The molecule has 0 radical (unpaired) electrons. The number of hydrogen-bond donors (Lipinski definition) is 1. The number of carbonyl (C=O) groups excluding carboxylic acids is 2. The molecule has 2 amide bonds. The molecule has 2 aromatic carbocycles. The first-order valence-corrected chi connectivity index (χ1v) is 10.7. The highest BCUT2D eigenvalue weighted by molar-refractivity contribution is 5.88. The van der Waals surface area contributed by atoms with Crippen LogP contribution in [0, 0.1) is 13.8 Å². The quantitative estimate of drug-likeness (QED) is 0.639. The molecule has 162 valence electrons. The first-order valence-electron chi connectivity index (χ1n) is 10.7. The van der Waals surface area contributed by atoms with E-state index in [0.29, 0.717) is 19.5 Å². The number of ether oxygens (including phenoxy) is 1. The lowest BCUT2D eigenvalue weighted by Gasteiger charge is -2.31. The number of nitrogens with one attached hydrogen (secondary N) is 1. The first-order chi connectivity index (χ1) is 14.4. The predicted octanol–water partition coefficient (Wildman–Crippen LogP) is 4.19. The van der Waals surface area contributed by atoms with Gasteiger partial charge in [-0.2, -0.15) is 0 Å². The zero-order valence-corrected chi connectivity index (χ0v) is 18.8. The van der Waals surface area contributed by atoms with Crippen LogP contribution in [0.2, 0.25) is 0 Å². The van der Waals surface area contributed by atoms with E-state index in [-0.39, 0.29) is 18.2 Å². The van der Waals surface area contributed by atoms with E-state index in [1.807, 2.05) is 57.2 Å². The van der Waals surface area contributed by atoms with Crippen molar-refractivity contribution >= 4 is 11.8 Å². The van der Waals surface area contributed by atoms with Gasteiger partial charge in [0.2, 0.25) is 11.8 Å². The van der Waals surface area contributed by atoms with Gasteiger partial charge in [-0.15, -0.1) is 0 Å². The molecule has 0 heterocycles. The van der Waals surface area contributed by atoms with Crippen molar-refractivity contribution in [2.45, 2.75) is 59.5 Å². The van der Waals surface area contributed by atoms with Crippen LogP contribution in [-0.4, -0.2) is 36.4 Å². The van der Waals surface area contributed by atoms with Gasteiger partial charge in [0, 0.05) is 13.1 Å². The summed E-state index contributed by atoms with van der Waals surface area (Å²) in [5, 5.41) is 2.95. The fourth-order valence-electron chi connectivity index (χ4n) is 3.44. The van der Waals surface area contributed by atoms with Crippen LogP contribution >= 0.6 is 0 Å². The number of methoxy groups -OCH3 is 1. The minimum absolute atomic E-state index is 0.0560. The van der Waals surface area contributed by atoms with Gasteiger partial charge < -0.3 is 15.0 Å². The molecule has 30 heavy (non-hydrogen) atoms. The van der Waals surface area contributed by atoms with E-state index < -0.39 is 6.04 Å². The van der Waals surface area contributed by atoms with E-state index in [0.717, 1.165) is 28.9 Å². The molecule has 0 aliphatic carbocycles. The molecule has 0 saturated carbocycles. The number of hydrogen-bond acceptors (Lipinski definition) is 3. The lowest BCUT2D eigenvalue weighted by atomic mass is 10.0. The molecular formula is C25H34N2O3. The number of nitrogens with zero attached hydrogens (tertiary/aromatic N) is 1. The second-order valence-electron chi connectivity index (χ2n) is 7.68. The summed E-state index contributed by atoms with van der Waals surface area (Å²) in [6, 6.07) is 13.2. The number of benzene rings is 2. The summed E-state index contributed by atoms with van der Waals surface area (Å²) in [4.78, 5) is 27.9. The predicted molar refractivity (Wildman–Crippen MR) is 121 cm³/mol. The highest BCUT2D eigenvalue weighted by Crippen LogP contribution is 2.19. The fourth-order valence-corrected chi connectivity index (χ4v) is 3.44. The Bertz CT molecular complexity index is 863. The number of rotatable bonds is 10. The zero-order chi connectivity index (χ0) is 22.1. The van der Waals surface area contributed by atoms with Gasteiger partial charge in [0.25, 0.3) is 0 Å². The smallest absolute Gasteiger partial charge is 0.242 e. The number of aryl methyl sites for hydroxylation is 2. The van der Waals surface area contributed by atoms with Crippen molar-refractivity contribution in [3.63, 3.8) is 0 Å². The molecule has 5 nitrogen and oxygen atoms in total. The largest absolute Gasteiger partial charge is 0.497 e. The Morgan fingerprint density at radius 1 is 1.03 bits per heavy atom. The molecule has 0 bridgehead atoms.